The summed E-state index contributed by atoms with van der Waals surface area (Å²) in [6.45, 7) is 0. The Morgan fingerprint density at radius 3 is 2.30 bits per heavy atom. The van der Waals surface area contributed by atoms with Crippen molar-refractivity contribution in [3.05, 3.63) is 35.9 Å². The Labute approximate surface area is 130 Å². The van der Waals surface area contributed by atoms with Crippen molar-refractivity contribution in [2.24, 2.45) is 0 Å². The molecular weight excluding hydrogens is 304 g/mol. The van der Waals surface area contributed by atoms with Crippen molar-refractivity contribution in [2.45, 2.75) is 30.6 Å². The summed E-state index contributed by atoms with van der Waals surface area (Å²) in [6, 6.07) is 6.59. The molecule has 2 aliphatic heterocycles. The van der Waals surface area contributed by atoms with E-state index in [-0.39, 0.29) is 0 Å². The summed E-state index contributed by atoms with van der Waals surface area (Å²) in [7, 11) is 0. The molecule has 4 amide bonds. The third-order valence-corrected chi connectivity index (χ3v) is 4.06. The first-order chi connectivity index (χ1) is 10.8. The molecule has 3 atom stereocenters. The molecule has 8 nitrogen and oxygen atoms in total. The van der Waals surface area contributed by atoms with Gasteiger partial charge in [-0.05, 0) is 5.56 Å². The number of imide groups is 2. The molecule has 2 saturated heterocycles. The topological polar surface area (TPSA) is 124 Å². The molecule has 0 aliphatic carbocycles. The fraction of sp³-hybridized carbons (Fsp3) is 0.333. The number of carbonyl (C=O) groups excluding carboxylic acids is 4. The first-order valence-corrected chi connectivity index (χ1v) is 7.00. The summed E-state index contributed by atoms with van der Waals surface area (Å²) in [5.41, 5.74) is -1.95. The number of carbonyl (C=O) groups is 4. The van der Waals surface area contributed by atoms with E-state index in [1.807, 2.05) is 5.32 Å². The Hall–Kier alpha value is -2.58. The van der Waals surface area contributed by atoms with Gasteiger partial charge in [0.05, 0.1) is 12.8 Å². The van der Waals surface area contributed by atoms with Crippen LogP contribution in [-0.4, -0.2) is 50.4 Å². The number of nitrogens with zero attached hydrogens (tertiary/aromatic N) is 1. The molecule has 1 aromatic carbocycles. The van der Waals surface area contributed by atoms with Crippen LogP contribution in [0.5, 0.6) is 0 Å². The lowest BCUT2D eigenvalue weighted by molar-refractivity contribution is -0.157. The quantitative estimate of drug-likeness (QED) is 0.590. The summed E-state index contributed by atoms with van der Waals surface area (Å²) in [5, 5.41) is 22.4. The van der Waals surface area contributed by atoms with Crippen LogP contribution in [0.2, 0.25) is 0 Å². The third kappa shape index (κ3) is 2.32. The van der Waals surface area contributed by atoms with Crippen molar-refractivity contribution in [3.63, 3.8) is 0 Å². The maximum Gasteiger partial charge on any atom is 0.261 e. The van der Waals surface area contributed by atoms with Crippen LogP contribution < -0.4 is 5.32 Å². The lowest BCUT2D eigenvalue weighted by atomic mass is 9.85. The minimum absolute atomic E-state index is 0.315. The highest BCUT2D eigenvalue weighted by molar-refractivity contribution is 6.10. The van der Waals surface area contributed by atoms with Gasteiger partial charge in [0, 0.05) is 0 Å². The van der Waals surface area contributed by atoms with Gasteiger partial charge in [-0.1, -0.05) is 30.3 Å². The van der Waals surface area contributed by atoms with Crippen LogP contribution in [0.4, 0.5) is 0 Å². The van der Waals surface area contributed by atoms with Gasteiger partial charge >= 0.3 is 0 Å². The normalized spacial score (nSPS) is 29.1. The second kappa shape index (κ2) is 5.25. The van der Waals surface area contributed by atoms with Crippen molar-refractivity contribution in [2.75, 3.05) is 0 Å². The van der Waals surface area contributed by atoms with Crippen LogP contribution in [-0.2, 0) is 19.2 Å². The molecule has 0 saturated carbocycles. The summed E-state index contributed by atoms with van der Waals surface area (Å²) < 4.78 is 0. The Balaban J connectivity index is 2.13. The van der Waals surface area contributed by atoms with Gasteiger partial charge in [0.1, 0.15) is 12.1 Å². The van der Waals surface area contributed by atoms with Gasteiger partial charge in [-0.2, -0.15) is 0 Å². The molecule has 2 fully saturated rings. The maximum absolute atomic E-state index is 12.1. The number of rotatable bonds is 3. The zero-order valence-electron chi connectivity index (χ0n) is 11.9. The minimum atomic E-state index is -2.27. The number of aliphatic hydroxyl groups excluding tert-OH is 1. The Morgan fingerprint density at radius 1 is 1.17 bits per heavy atom. The third-order valence-electron chi connectivity index (χ3n) is 4.06. The molecule has 1 aromatic rings. The Morgan fingerprint density at radius 2 is 1.83 bits per heavy atom. The van der Waals surface area contributed by atoms with Crippen molar-refractivity contribution in [1.82, 2.24) is 10.2 Å². The van der Waals surface area contributed by atoms with Gasteiger partial charge < -0.3 is 10.2 Å². The molecule has 8 heteroatoms. The van der Waals surface area contributed by atoms with E-state index in [0.29, 0.717) is 10.5 Å². The highest BCUT2D eigenvalue weighted by Gasteiger charge is 2.57. The van der Waals surface area contributed by atoms with E-state index >= 15 is 0 Å². The predicted octanol–water partition coefficient (Wildman–Crippen LogP) is -1.37. The van der Waals surface area contributed by atoms with Gasteiger partial charge in [0.25, 0.3) is 11.8 Å². The van der Waals surface area contributed by atoms with Crippen LogP contribution in [0.15, 0.2) is 30.3 Å². The van der Waals surface area contributed by atoms with Crippen LogP contribution in [0.1, 0.15) is 24.4 Å². The summed E-state index contributed by atoms with van der Waals surface area (Å²) in [5.74, 6) is -3.28. The van der Waals surface area contributed by atoms with Gasteiger partial charge in [0.15, 0.2) is 5.60 Å². The highest BCUT2D eigenvalue weighted by atomic mass is 16.3. The van der Waals surface area contributed by atoms with Crippen LogP contribution in [0.3, 0.4) is 0 Å². The molecule has 3 N–H and O–H groups in total. The number of aliphatic hydroxyl groups is 2. The molecule has 0 radical (unpaired) electrons. The van der Waals surface area contributed by atoms with Crippen LogP contribution in [0, 0.1) is 0 Å². The van der Waals surface area contributed by atoms with Gasteiger partial charge in [-0.3, -0.25) is 29.4 Å². The van der Waals surface area contributed by atoms with Crippen molar-refractivity contribution >= 4 is 23.6 Å². The molecule has 0 bridgehead atoms. The lowest BCUT2D eigenvalue weighted by Crippen LogP contribution is -2.53. The lowest BCUT2D eigenvalue weighted by Gasteiger charge is -2.35. The van der Waals surface area contributed by atoms with E-state index in [2.05, 4.69) is 0 Å². The van der Waals surface area contributed by atoms with Crippen molar-refractivity contribution < 1.29 is 29.4 Å². The Bertz CT molecular complexity index is 703. The average molecular weight is 318 g/mol. The summed E-state index contributed by atoms with van der Waals surface area (Å²) in [4.78, 5) is 48.5. The maximum atomic E-state index is 12.1. The monoisotopic (exact) mass is 318 g/mol. The molecule has 0 spiro atoms. The van der Waals surface area contributed by atoms with E-state index in [4.69, 9.17) is 0 Å². The smallest absolute Gasteiger partial charge is 0.261 e. The van der Waals surface area contributed by atoms with Gasteiger partial charge in [-0.15, -0.1) is 0 Å². The zero-order valence-corrected chi connectivity index (χ0v) is 11.9. The van der Waals surface area contributed by atoms with Gasteiger partial charge in [0.2, 0.25) is 11.8 Å². The molecule has 23 heavy (non-hydrogen) atoms. The minimum Gasteiger partial charge on any atom is -0.383 e. The zero-order chi connectivity index (χ0) is 16.8. The number of hydrogen-bond acceptors (Lipinski definition) is 6. The van der Waals surface area contributed by atoms with Crippen LogP contribution in [0.25, 0.3) is 0 Å². The number of hydrogen-bond donors (Lipinski definition) is 3. The number of benzene rings is 1. The average Bonchev–Trinajstić information content (AvgIpc) is 2.90. The highest BCUT2D eigenvalue weighted by Crippen LogP contribution is 2.39. The summed E-state index contributed by atoms with van der Waals surface area (Å²) >= 11 is 0. The molecular formula is C15H14N2O6. The fourth-order valence-corrected chi connectivity index (χ4v) is 3.00. The van der Waals surface area contributed by atoms with Crippen molar-refractivity contribution in [3.8, 4) is 0 Å². The first-order valence-electron chi connectivity index (χ1n) is 7.00. The fourth-order valence-electron chi connectivity index (χ4n) is 3.00. The SMILES string of the molecule is O=C1CC(O)(C(c2ccccc2)N2C(=O)CC(O)C2=O)C(=O)N1. The number of likely N-dealkylation sites (tertiary alicyclic amines) is 1. The predicted molar refractivity (Wildman–Crippen MR) is 74.4 cm³/mol. The molecule has 3 rings (SSSR count). The second-order valence-electron chi connectivity index (χ2n) is 5.61. The number of nitrogens with one attached hydrogen (secondary N) is 1. The molecule has 0 aromatic heterocycles. The van der Waals surface area contributed by atoms with Crippen molar-refractivity contribution in [1.29, 1.82) is 0 Å². The van der Waals surface area contributed by atoms with Gasteiger partial charge in [-0.25, -0.2) is 0 Å². The van der Waals surface area contributed by atoms with E-state index in [1.54, 1.807) is 18.2 Å². The molecule has 3 unspecified atom stereocenters. The summed E-state index contributed by atoms with van der Waals surface area (Å²) in [6.07, 6.45) is -2.51. The second-order valence-corrected chi connectivity index (χ2v) is 5.61. The standard InChI is InChI=1S/C15H14N2O6/c18-9-6-11(20)17(13(9)21)12(8-4-2-1-3-5-8)15(23)7-10(19)16-14(15)22/h1-5,9,12,18,23H,6-7H2,(H,16,19,22). The van der Waals surface area contributed by atoms with E-state index in [1.165, 1.54) is 12.1 Å². The van der Waals surface area contributed by atoms with E-state index < -0.39 is 54.2 Å². The largest absolute Gasteiger partial charge is 0.383 e. The van der Waals surface area contributed by atoms with E-state index in [9.17, 15) is 29.4 Å². The van der Waals surface area contributed by atoms with Crippen LogP contribution >= 0.6 is 0 Å². The van der Waals surface area contributed by atoms with E-state index in [0.717, 1.165) is 0 Å². The molecule has 120 valence electrons. The molecule has 2 aliphatic rings. The Kier molecular flexibility index (Phi) is 3.50. The molecule has 2 heterocycles. The number of amides is 4. The first kappa shape index (κ1) is 15.3.